The van der Waals surface area contributed by atoms with E-state index in [0.29, 0.717) is 11.4 Å². The van der Waals surface area contributed by atoms with Gasteiger partial charge in [-0.05, 0) is 23.8 Å². The van der Waals surface area contributed by atoms with Gasteiger partial charge in [0.25, 0.3) is 0 Å². The molecule has 1 aliphatic rings. The van der Waals surface area contributed by atoms with Crippen LogP contribution in [0.25, 0.3) is 5.57 Å². The van der Waals surface area contributed by atoms with E-state index in [1.165, 1.54) is 13.2 Å². The number of esters is 1. The van der Waals surface area contributed by atoms with Crippen molar-refractivity contribution in [2.24, 2.45) is 0 Å². The zero-order valence-corrected chi connectivity index (χ0v) is 15.1. The molecule has 0 aliphatic heterocycles. The molecule has 0 saturated heterocycles. The van der Waals surface area contributed by atoms with Gasteiger partial charge in [-0.1, -0.05) is 71.8 Å². The molecule has 1 atom stereocenters. The fourth-order valence-corrected chi connectivity index (χ4v) is 3.24. The number of hydrogen-bond donors (Lipinski definition) is 0. The van der Waals surface area contributed by atoms with Gasteiger partial charge in [0.2, 0.25) is 5.79 Å². The maximum absolute atomic E-state index is 12.7. The normalized spacial score (nSPS) is 19.4. The van der Waals surface area contributed by atoms with Crippen LogP contribution in [0.4, 0.5) is 0 Å². The van der Waals surface area contributed by atoms with Crippen molar-refractivity contribution in [2.75, 3.05) is 7.11 Å². The lowest BCUT2D eigenvalue weighted by molar-refractivity contribution is -0.141. The van der Waals surface area contributed by atoms with Crippen molar-refractivity contribution in [3.63, 3.8) is 0 Å². The number of allylic oxidation sites excluding steroid dienone is 2. The van der Waals surface area contributed by atoms with E-state index in [2.05, 4.69) is 0 Å². The molecule has 0 fully saturated rings. The highest BCUT2D eigenvalue weighted by Gasteiger charge is 2.40. The Hall–Kier alpha value is -2.07. The second kappa shape index (κ2) is 7.44. The third-order valence-corrected chi connectivity index (χ3v) is 4.57. The van der Waals surface area contributed by atoms with Gasteiger partial charge in [0.1, 0.15) is 0 Å². The van der Waals surface area contributed by atoms with Crippen molar-refractivity contribution in [1.82, 2.24) is 0 Å². The molecular formula is C20H16Cl2O3. The Morgan fingerprint density at radius 1 is 1.12 bits per heavy atom. The van der Waals surface area contributed by atoms with Crippen LogP contribution in [0.2, 0.25) is 10.0 Å². The van der Waals surface area contributed by atoms with E-state index in [9.17, 15) is 4.79 Å². The van der Waals surface area contributed by atoms with Crippen LogP contribution in [0.5, 0.6) is 0 Å². The summed E-state index contributed by atoms with van der Waals surface area (Å²) < 4.78 is 11.5. The summed E-state index contributed by atoms with van der Waals surface area (Å²) in [7, 11) is 1.52. The summed E-state index contributed by atoms with van der Waals surface area (Å²) in [6.07, 6.45) is 6.11. The molecule has 0 bridgehead atoms. The molecule has 0 heterocycles. The first-order valence-electron chi connectivity index (χ1n) is 7.72. The summed E-state index contributed by atoms with van der Waals surface area (Å²) in [6, 6.07) is 14.3. The van der Waals surface area contributed by atoms with Crippen LogP contribution in [-0.2, 0) is 9.47 Å². The Kier molecular flexibility index (Phi) is 5.28. The first-order chi connectivity index (χ1) is 12.1. The van der Waals surface area contributed by atoms with Gasteiger partial charge in [0.15, 0.2) is 0 Å². The number of carbonyl (C=O) groups excluding carboxylic acids is 1. The number of halogens is 2. The average molecular weight is 375 g/mol. The van der Waals surface area contributed by atoms with Gasteiger partial charge in [0, 0.05) is 24.1 Å². The zero-order chi connectivity index (χ0) is 17.9. The molecule has 128 valence electrons. The molecule has 0 aromatic heterocycles. The fourth-order valence-electron chi connectivity index (χ4n) is 2.75. The van der Waals surface area contributed by atoms with Gasteiger partial charge in [-0.2, -0.15) is 0 Å². The lowest BCUT2D eigenvalue weighted by Crippen LogP contribution is -2.39. The zero-order valence-electron chi connectivity index (χ0n) is 13.5. The number of ether oxygens (including phenoxy) is 2. The van der Waals surface area contributed by atoms with Crippen molar-refractivity contribution in [3.8, 4) is 0 Å². The highest BCUT2D eigenvalue weighted by atomic mass is 35.5. The SMILES string of the molecule is COC1(OC(=O)c2ccc(Cl)cc2Cl)CC=CC=C1c1ccccc1. The molecule has 2 aromatic rings. The van der Waals surface area contributed by atoms with Crippen LogP contribution < -0.4 is 0 Å². The number of methoxy groups -OCH3 is 1. The maximum atomic E-state index is 12.7. The number of rotatable bonds is 4. The average Bonchev–Trinajstić information content (AvgIpc) is 2.62. The van der Waals surface area contributed by atoms with Crippen LogP contribution in [0, 0.1) is 0 Å². The first kappa shape index (κ1) is 17.7. The molecule has 5 heteroatoms. The minimum absolute atomic E-state index is 0.236. The molecule has 2 aromatic carbocycles. The van der Waals surface area contributed by atoms with Gasteiger partial charge in [-0.25, -0.2) is 4.79 Å². The van der Waals surface area contributed by atoms with E-state index in [4.69, 9.17) is 32.7 Å². The van der Waals surface area contributed by atoms with E-state index in [-0.39, 0.29) is 10.6 Å². The Labute approximate surface area is 156 Å². The van der Waals surface area contributed by atoms with E-state index >= 15 is 0 Å². The fraction of sp³-hybridized carbons (Fsp3) is 0.150. The molecule has 1 aliphatic carbocycles. The molecule has 0 amide bonds. The number of carbonyl (C=O) groups is 1. The highest BCUT2D eigenvalue weighted by Crippen LogP contribution is 2.38. The summed E-state index contributed by atoms with van der Waals surface area (Å²) in [6.45, 7) is 0. The Balaban J connectivity index is 1.96. The molecule has 0 radical (unpaired) electrons. The third-order valence-electron chi connectivity index (χ3n) is 4.02. The van der Waals surface area contributed by atoms with E-state index < -0.39 is 11.8 Å². The van der Waals surface area contributed by atoms with E-state index in [1.807, 2.05) is 48.6 Å². The Morgan fingerprint density at radius 2 is 1.88 bits per heavy atom. The van der Waals surface area contributed by atoms with Crippen molar-refractivity contribution in [2.45, 2.75) is 12.2 Å². The predicted molar refractivity (Wildman–Crippen MR) is 99.8 cm³/mol. The van der Waals surface area contributed by atoms with Crippen LogP contribution in [0.3, 0.4) is 0 Å². The molecule has 0 N–H and O–H groups in total. The van der Waals surface area contributed by atoms with Gasteiger partial charge < -0.3 is 9.47 Å². The molecule has 3 nitrogen and oxygen atoms in total. The second-order valence-corrected chi connectivity index (χ2v) is 6.39. The molecule has 3 rings (SSSR count). The summed E-state index contributed by atoms with van der Waals surface area (Å²) in [5.41, 5.74) is 1.93. The largest absolute Gasteiger partial charge is 0.425 e. The van der Waals surface area contributed by atoms with Crippen molar-refractivity contribution in [1.29, 1.82) is 0 Å². The predicted octanol–water partition coefficient (Wildman–Crippen LogP) is 5.54. The van der Waals surface area contributed by atoms with Gasteiger partial charge in [-0.15, -0.1) is 0 Å². The molecule has 1 unspecified atom stereocenters. The lowest BCUT2D eigenvalue weighted by atomic mass is 9.91. The number of hydrogen-bond acceptors (Lipinski definition) is 3. The van der Waals surface area contributed by atoms with Crippen LogP contribution >= 0.6 is 23.2 Å². The maximum Gasteiger partial charge on any atom is 0.342 e. The first-order valence-corrected chi connectivity index (χ1v) is 8.47. The van der Waals surface area contributed by atoms with Crippen LogP contribution in [0.1, 0.15) is 22.3 Å². The Morgan fingerprint density at radius 3 is 2.56 bits per heavy atom. The second-order valence-electron chi connectivity index (χ2n) is 5.55. The smallest absolute Gasteiger partial charge is 0.342 e. The minimum atomic E-state index is -1.21. The lowest BCUT2D eigenvalue weighted by Gasteiger charge is -2.35. The molecule has 25 heavy (non-hydrogen) atoms. The summed E-state index contributed by atoms with van der Waals surface area (Å²) in [5, 5.41) is 0.689. The standard InChI is InChI=1S/C20H16Cl2O3/c1-24-20(25-19(23)16-11-10-15(21)13-18(16)22)12-6-5-9-17(20)14-7-3-2-4-8-14/h2-11,13H,12H2,1H3. The minimum Gasteiger partial charge on any atom is -0.425 e. The monoisotopic (exact) mass is 374 g/mol. The molecule has 0 spiro atoms. The summed E-state index contributed by atoms with van der Waals surface area (Å²) in [5.74, 6) is -1.78. The molecule has 0 saturated carbocycles. The van der Waals surface area contributed by atoms with Gasteiger partial charge in [0.05, 0.1) is 10.6 Å². The van der Waals surface area contributed by atoms with Crippen molar-refractivity contribution < 1.29 is 14.3 Å². The number of benzene rings is 2. The van der Waals surface area contributed by atoms with Crippen molar-refractivity contribution >= 4 is 34.7 Å². The van der Waals surface area contributed by atoms with Crippen LogP contribution in [0.15, 0.2) is 66.8 Å². The van der Waals surface area contributed by atoms with Gasteiger partial charge in [-0.3, -0.25) is 0 Å². The van der Waals surface area contributed by atoms with Gasteiger partial charge >= 0.3 is 5.97 Å². The van der Waals surface area contributed by atoms with E-state index in [1.54, 1.807) is 12.1 Å². The topological polar surface area (TPSA) is 35.5 Å². The van der Waals surface area contributed by atoms with E-state index in [0.717, 1.165) is 11.1 Å². The third kappa shape index (κ3) is 3.64. The van der Waals surface area contributed by atoms with Crippen molar-refractivity contribution in [3.05, 3.63) is 87.9 Å². The highest BCUT2D eigenvalue weighted by molar-refractivity contribution is 6.36. The molecular weight excluding hydrogens is 359 g/mol. The Bertz CT molecular complexity index is 843. The van der Waals surface area contributed by atoms with Crippen LogP contribution in [-0.4, -0.2) is 18.9 Å². The quantitative estimate of drug-likeness (QED) is 0.520. The summed E-state index contributed by atoms with van der Waals surface area (Å²) >= 11 is 12.0. The summed E-state index contributed by atoms with van der Waals surface area (Å²) in [4.78, 5) is 12.7.